The maximum Gasteiger partial charge on any atom is 0.253 e. The summed E-state index contributed by atoms with van der Waals surface area (Å²) in [5.74, 6) is 0.0365. The summed E-state index contributed by atoms with van der Waals surface area (Å²) >= 11 is 0. The Morgan fingerprint density at radius 2 is 1.96 bits per heavy atom. The van der Waals surface area contributed by atoms with Crippen molar-refractivity contribution in [2.24, 2.45) is 5.73 Å². The Balaban J connectivity index is 0.00000264. The number of halogens is 1. The Hall–Kier alpha value is -1.59. The van der Waals surface area contributed by atoms with Gasteiger partial charge < -0.3 is 16.0 Å². The van der Waals surface area contributed by atoms with E-state index in [0.29, 0.717) is 18.4 Å². The van der Waals surface area contributed by atoms with E-state index in [1.54, 1.807) is 6.07 Å². The van der Waals surface area contributed by atoms with Crippen LogP contribution in [0, 0.1) is 6.92 Å². The van der Waals surface area contributed by atoms with Gasteiger partial charge in [-0.25, -0.2) is 0 Å². The fourth-order valence-corrected chi connectivity index (χ4v) is 2.61. The summed E-state index contributed by atoms with van der Waals surface area (Å²) in [7, 11) is 0. The average Bonchev–Trinajstić information content (AvgIpc) is 3.00. The van der Waals surface area contributed by atoms with Gasteiger partial charge in [0.2, 0.25) is 5.91 Å². The monoisotopic (exact) mass is 339 g/mol. The van der Waals surface area contributed by atoms with Gasteiger partial charge >= 0.3 is 0 Å². The molecule has 1 atom stereocenters. The van der Waals surface area contributed by atoms with Crippen molar-refractivity contribution < 1.29 is 9.59 Å². The van der Waals surface area contributed by atoms with Crippen LogP contribution >= 0.6 is 12.4 Å². The second kappa shape index (κ2) is 8.89. The molecule has 1 unspecified atom stereocenters. The second-order valence-electron chi connectivity index (χ2n) is 6.09. The molecule has 0 saturated carbocycles. The van der Waals surface area contributed by atoms with Crippen molar-refractivity contribution in [2.75, 3.05) is 18.4 Å². The number of rotatable bonds is 5. The van der Waals surface area contributed by atoms with E-state index < -0.39 is 0 Å². The van der Waals surface area contributed by atoms with E-state index in [0.717, 1.165) is 37.2 Å². The van der Waals surface area contributed by atoms with E-state index >= 15 is 0 Å². The Bertz CT molecular complexity index is 555. The number of nitrogens with two attached hydrogens (primary N) is 1. The third kappa shape index (κ3) is 5.52. The predicted octanol–water partition coefficient (Wildman–Crippen LogP) is 2.72. The van der Waals surface area contributed by atoms with E-state index in [9.17, 15) is 9.59 Å². The maximum atomic E-state index is 12.3. The normalized spacial score (nSPS) is 15.0. The van der Waals surface area contributed by atoms with Gasteiger partial charge in [-0.1, -0.05) is 0 Å². The number of nitrogens with one attached hydrogen (secondary N) is 1. The molecular formula is C17H26ClN3O2. The SMILES string of the molecule is Cc1cc(C(=O)N2CCCC2)ccc1NC(=O)CCC(C)N.Cl. The van der Waals surface area contributed by atoms with Gasteiger partial charge in [0.25, 0.3) is 5.91 Å². The van der Waals surface area contributed by atoms with E-state index in [2.05, 4.69) is 5.32 Å². The summed E-state index contributed by atoms with van der Waals surface area (Å²) in [6.45, 7) is 5.47. The van der Waals surface area contributed by atoms with E-state index in [-0.39, 0.29) is 30.3 Å². The zero-order chi connectivity index (χ0) is 16.1. The molecule has 0 aromatic heterocycles. The molecule has 1 fully saturated rings. The van der Waals surface area contributed by atoms with Gasteiger partial charge in [-0.05, 0) is 56.9 Å². The van der Waals surface area contributed by atoms with Crippen LogP contribution in [0.4, 0.5) is 5.69 Å². The van der Waals surface area contributed by atoms with Crippen molar-refractivity contribution in [3.63, 3.8) is 0 Å². The molecule has 0 radical (unpaired) electrons. The zero-order valence-electron chi connectivity index (χ0n) is 13.8. The van der Waals surface area contributed by atoms with Gasteiger partial charge in [0.1, 0.15) is 0 Å². The van der Waals surface area contributed by atoms with Crippen molar-refractivity contribution in [1.29, 1.82) is 0 Å². The lowest BCUT2D eigenvalue weighted by Gasteiger charge is -2.16. The molecular weight excluding hydrogens is 314 g/mol. The van der Waals surface area contributed by atoms with Crippen molar-refractivity contribution in [2.45, 2.75) is 45.6 Å². The average molecular weight is 340 g/mol. The molecule has 0 spiro atoms. The highest BCUT2D eigenvalue weighted by molar-refractivity contribution is 5.96. The highest BCUT2D eigenvalue weighted by atomic mass is 35.5. The molecule has 2 amide bonds. The Labute approximate surface area is 144 Å². The lowest BCUT2D eigenvalue weighted by atomic mass is 10.1. The van der Waals surface area contributed by atoms with Crippen molar-refractivity contribution >= 4 is 29.9 Å². The number of anilines is 1. The highest BCUT2D eigenvalue weighted by Gasteiger charge is 2.20. The van der Waals surface area contributed by atoms with Gasteiger partial charge in [-0.15, -0.1) is 12.4 Å². The largest absolute Gasteiger partial charge is 0.339 e. The van der Waals surface area contributed by atoms with Crippen LogP contribution in [0.1, 0.15) is 48.5 Å². The van der Waals surface area contributed by atoms with Crippen LogP contribution in [0.25, 0.3) is 0 Å². The lowest BCUT2D eigenvalue weighted by molar-refractivity contribution is -0.116. The fraction of sp³-hybridized carbons (Fsp3) is 0.529. The predicted molar refractivity (Wildman–Crippen MR) is 95.1 cm³/mol. The summed E-state index contributed by atoms with van der Waals surface area (Å²) in [4.78, 5) is 26.1. The smallest absolute Gasteiger partial charge is 0.253 e. The van der Waals surface area contributed by atoms with Crippen LogP contribution in [0.15, 0.2) is 18.2 Å². The second-order valence-corrected chi connectivity index (χ2v) is 6.09. The van der Waals surface area contributed by atoms with Crippen molar-refractivity contribution in [3.05, 3.63) is 29.3 Å². The molecule has 0 aliphatic carbocycles. The van der Waals surface area contributed by atoms with E-state index in [1.165, 1.54) is 0 Å². The minimum absolute atomic E-state index is 0. The Morgan fingerprint density at radius 1 is 1.30 bits per heavy atom. The topological polar surface area (TPSA) is 75.4 Å². The van der Waals surface area contributed by atoms with E-state index in [4.69, 9.17) is 5.73 Å². The Kier molecular flexibility index (Phi) is 7.52. The standard InChI is InChI=1S/C17H25N3O2.ClH/c1-12-11-14(17(22)20-9-3-4-10-20)6-7-15(12)19-16(21)8-5-13(2)18;/h6-7,11,13H,3-5,8-10,18H2,1-2H3,(H,19,21);1H. The number of aryl methyl sites for hydroxylation is 1. The molecule has 1 aliphatic heterocycles. The number of nitrogens with zero attached hydrogens (tertiary/aromatic N) is 1. The van der Waals surface area contributed by atoms with Gasteiger partial charge in [-0.2, -0.15) is 0 Å². The van der Waals surface area contributed by atoms with Crippen LogP contribution in [-0.2, 0) is 4.79 Å². The number of benzene rings is 1. The minimum Gasteiger partial charge on any atom is -0.339 e. The quantitative estimate of drug-likeness (QED) is 0.866. The van der Waals surface area contributed by atoms with Gasteiger partial charge in [0.15, 0.2) is 0 Å². The van der Waals surface area contributed by atoms with Crippen LogP contribution in [0.5, 0.6) is 0 Å². The van der Waals surface area contributed by atoms with Gasteiger partial charge in [0.05, 0.1) is 0 Å². The molecule has 5 nitrogen and oxygen atoms in total. The zero-order valence-corrected chi connectivity index (χ0v) is 14.6. The molecule has 2 rings (SSSR count). The molecule has 1 aromatic carbocycles. The first-order chi connectivity index (χ1) is 10.5. The summed E-state index contributed by atoms with van der Waals surface area (Å²) in [6.07, 6.45) is 3.23. The fourth-order valence-electron chi connectivity index (χ4n) is 2.61. The third-order valence-corrected chi connectivity index (χ3v) is 3.97. The number of likely N-dealkylation sites (tertiary alicyclic amines) is 1. The first kappa shape index (κ1) is 19.5. The number of carbonyl (C=O) groups excluding carboxylic acids is 2. The molecule has 6 heteroatoms. The summed E-state index contributed by atoms with van der Waals surface area (Å²) in [6, 6.07) is 5.46. The molecule has 1 aromatic rings. The van der Waals surface area contributed by atoms with E-state index in [1.807, 2.05) is 30.9 Å². The van der Waals surface area contributed by atoms with Gasteiger partial charge in [-0.3, -0.25) is 9.59 Å². The van der Waals surface area contributed by atoms with Crippen LogP contribution in [-0.4, -0.2) is 35.8 Å². The number of hydrogen-bond acceptors (Lipinski definition) is 3. The molecule has 1 aliphatic rings. The first-order valence-corrected chi connectivity index (χ1v) is 7.92. The third-order valence-electron chi connectivity index (χ3n) is 3.97. The molecule has 1 heterocycles. The van der Waals surface area contributed by atoms with Crippen LogP contribution in [0.2, 0.25) is 0 Å². The van der Waals surface area contributed by atoms with Crippen molar-refractivity contribution in [3.8, 4) is 0 Å². The van der Waals surface area contributed by atoms with Crippen LogP contribution < -0.4 is 11.1 Å². The highest BCUT2D eigenvalue weighted by Crippen LogP contribution is 2.20. The first-order valence-electron chi connectivity index (χ1n) is 7.92. The number of carbonyl (C=O) groups is 2. The molecule has 23 heavy (non-hydrogen) atoms. The van der Waals surface area contributed by atoms with Crippen LogP contribution in [0.3, 0.4) is 0 Å². The van der Waals surface area contributed by atoms with Crippen molar-refractivity contribution in [1.82, 2.24) is 4.90 Å². The van der Waals surface area contributed by atoms with Gasteiger partial charge in [0, 0.05) is 36.8 Å². The minimum atomic E-state index is -0.0426. The summed E-state index contributed by atoms with van der Waals surface area (Å²) in [5.41, 5.74) is 8.00. The molecule has 128 valence electrons. The summed E-state index contributed by atoms with van der Waals surface area (Å²) < 4.78 is 0. The number of hydrogen-bond donors (Lipinski definition) is 2. The molecule has 1 saturated heterocycles. The Morgan fingerprint density at radius 3 is 2.52 bits per heavy atom. The summed E-state index contributed by atoms with van der Waals surface area (Å²) in [5, 5.41) is 2.88. The number of amides is 2. The molecule has 3 N–H and O–H groups in total. The lowest BCUT2D eigenvalue weighted by Crippen LogP contribution is -2.27. The maximum absolute atomic E-state index is 12.3. The molecule has 0 bridgehead atoms.